The summed E-state index contributed by atoms with van der Waals surface area (Å²) < 4.78 is 34.8. The number of carbonyl (C=O) groups is 1. The molecule has 1 N–H and O–H groups in total. The SMILES string of the molecule is Cc1ccc(OCc2c(F)cccc2F)cc1N1Cc2nn(C)cc2NC1=O. The number of carbonyl (C=O) groups excluding carboxylic acids is 1. The minimum Gasteiger partial charge on any atom is -0.489 e. The Kier molecular flexibility index (Phi) is 4.46. The van der Waals surface area contributed by atoms with Gasteiger partial charge in [0.15, 0.2) is 0 Å². The van der Waals surface area contributed by atoms with Gasteiger partial charge in [-0.2, -0.15) is 5.10 Å². The average Bonchev–Trinajstić information content (AvgIpc) is 3.01. The zero-order chi connectivity index (χ0) is 19.8. The lowest BCUT2D eigenvalue weighted by Gasteiger charge is -2.28. The monoisotopic (exact) mass is 384 g/mol. The number of amides is 2. The smallest absolute Gasteiger partial charge is 0.326 e. The van der Waals surface area contributed by atoms with Crippen molar-refractivity contribution in [1.29, 1.82) is 0 Å². The number of fused-ring (bicyclic) bond motifs is 1. The number of urea groups is 1. The minimum atomic E-state index is -0.662. The number of hydrogen-bond donors (Lipinski definition) is 1. The molecule has 0 saturated heterocycles. The molecular formula is C20H18F2N4O2. The van der Waals surface area contributed by atoms with Crippen molar-refractivity contribution in [3.8, 4) is 5.75 Å². The molecule has 2 heterocycles. The second-order valence-corrected chi connectivity index (χ2v) is 6.62. The zero-order valence-corrected chi connectivity index (χ0v) is 15.4. The molecule has 0 bridgehead atoms. The number of nitrogens with one attached hydrogen (secondary N) is 1. The molecule has 0 saturated carbocycles. The van der Waals surface area contributed by atoms with Gasteiger partial charge in [0.1, 0.15) is 29.7 Å². The van der Waals surface area contributed by atoms with Gasteiger partial charge < -0.3 is 10.1 Å². The van der Waals surface area contributed by atoms with Gasteiger partial charge in [-0.25, -0.2) is 13.6 Å². The Balaban J connectivity index is 1.58. The molecule has 2 amide bonds. The second kappa shape index (κ2) is 6.95. The summed E-state index contributed by atoms with van der Waals surface area (Å²) in [6.45, 7) is 1.93. The van der Waals surface area contributed by atoms with Crippen molar-refractivity contribution >= 4 is 17.4 Å². The van der Waals surface area contributed by atoms with E-state index < -0.39 is 11.6 Å². The van der Waals surface area contributed by atoms with E-state index in [0.717, 1.165) is 11.3 Å². The minimum absolute atomic E-state index is 0.140. The Labute approximate surface area is 160 Å². The van der Waals surface area contributed by atoms with Gasteiger partial charge in [-0.05, 0) is 30.7 Å². The Morgan fingerprint density at radius 2 is 1.96 bits per heavy atom. The van der Waals surface area contributed by atoms with E-state index >= 15 is 0 Å². The molecule has 0 aliphatic carbocycles. The van der Waals surface area contributed by atoms with Crippen molar-refractivity contribution in [2.45, 2.75) is 20.1 Å². The fourth-order valence-electron chi connectivity index (χ4n) is 3.15. The first-order valence-corrected chi connectivity index (χ1v) is 8.70. The molecule has 2 aromatic carbocycles. The molecule has 0 radical (unpaired) electrons. The topological polar surface area (TPSA) is 59.4 Å². The Morgan fingerprint density at radius 3 is 2.71 bits per heavy atom. The Bertz CT molecular complexity index is 1040. The largest absolute Gasteiger partial charge is 0.489 e. The third-order valence-electron chi connectivity index (χ3n) is 4.62. The second-order valence-electron chi connectivity index (χ2n) is 6.62. The molecule has 0 fully saturated rings. The highest BCUT2D eigenvalue weighted by atomic mass is 19.1. The fraction of sp³-hybridized carbons (Fsp3) is 0.200. The number of nitrogens with zero attached hydrogens (tertiary/aromatic N) is 3. The third-order valence-corrected chi connectivity index (χ3v) is 4.62. The molecule has 1 aromatic heterocycles. The molecule has 3 aromatic rings. The summed E-state index contributed by atoms with van der Waals surface area (Å²) in [6, 6.07) is 8.58. The van der Waals surface area contributed by atoms with Crippen LogP contribution in [0.3, 0.4) is 0 Å². The van der Waals surface area contributed by atoms with Crippen molar-refractivity contribution < 1.29 is 18.3 Å². The van der Waals surface area contributed by atoms with Gasteiger partial charge in [0.25, 0.3) is 0 Å². The molecule has 144 valence electrons. The molecule has 28 heavy (non-hydrogen) atoms. The Hall–Kier alpha value is -3.42. The lowest BCUT2D eigenvalue weighted by Crippen LogP contribution is -2.38. The quantitative estimate of drug-likeness (QED) is 0.736. The summed E-state index contributed by atoms with van der Waals surface area (Å²) in [6.07, 6.45) is 1.75. The maximum absolute atomic E-state index is 13.8. The highest BCUT2D eigenvalue weighted by molar-refractivity contribution is 6.04. The molecule has 1 aliphatic rings. The van der Waals surface area contributed by atoms with Crippen LogP contribution in [0.4, 0.5) is 25.0 Å². The van der Waals surface area contributed by atoms with E-state index in [1.807, 2.05) is 6.92 Å². The average molecular weight is 384 g/mol. The summed E-state index contributed by atoms with van der Waals surface area (Å²) in [4.78, 5) is 14.1. The van der Waals surface area contributed by atoms with Crippen molar-refractivity contribution in [3.63, 3.8) is 0 Å². The molecule has 6 nitrogen and oxygen atoms in total. The van der Waals surface area contributed by atoms with Crippen LogP contribution in [0.2, 0.25) is 0 Å². The summed E-state index contributed by atoms with van der Waals surface area (Å²) in [5, 5.41) is 7.17. The number of hydrogen-bond acceptors (Lipinski definition) is 3. The van der Waals surface area contributed by atoms with Gasteiger partial charge in [0.2, 0.25) is 0 Å². The van der Waals surface area contributed by atoms with E-state index in [9.17, 15) is 13.6 Å². The van der Waals surface area contributed by atoms with Crippen LogP contribution in [0, 0.1) is 18.6 Å². The van der Waals surface area contributed by atoms with E-state index in [1.54, 1.807) is 41.0 Å². The van der Waals surface area contributed by atoms with Crippen LogP contribution in [0.15, 0.2) is 42.6 Å². The van der Waals surface area contributed by atoms with E-state index in [0.29, 0.717) is 23.7 Å². The van der Waals surface area contributed by atoms with Crippen molar-refractivity contribution in [1.82, 2.24) is 9.78 Å². The highest BCUT2D eigenvalue weighted by Gasteiger charge is 2.27. The van der Waals surface area contributed by atoms with Crippen molar-refractivity contribution in [2.75, 3.05) is 10.2 Å². The Morgan fingerprint density at radius 1 is 1.21 bits per heavy atom. The normalized spacial score (nSPS) is 13.3. The predicted octanol–water partition coefficient (Wildman–Crippen LogP) is 4.14. The molecule has 0 atom stereocenters. The number of benzene rings is 2. The first kappa shape index (κ1) is 18.0. The van der Waals surface area contributed by atoms with Crippen molar-refractivity contribution in [3.05, 3.63) is 71.1 Å². The van der Waals surface area contributed by atoms with Crippen LogP contribution in [0.25, 0.3) is 0 Å². The number of halogens is 2. The van der Waals surface area contributed by atoms with Crippen LogP contribution in [0.1, 0.15) is 16.8 Å². The van der Waals surface area contributed by atoms with Crippen LogP contribution in [-0.2, 0) is 20.2 Å². The first-order chi connectivity index (χ1) is 13.4. The van der Waals surface area contributed by atoms with E-state index in [2.05, 4.69) is 10.4 Å². The maximum atomic E-state index is 13.8. The van der Waals surface area contributed by atoms with Gasteiger partial charge in [0.05, 0.1) is 23.5 Å². The van der Waals surface area contributed by atoms with E-state index in [1.165, 1.54) is 18.2 Å². The number of rotatable bonds is 4. The molecule has 1 aliphatic heterocycles. The first-order valence-electron chi connectivity index (χ1n) is 8.70. The number of aromatic nitrogens is 2. The maximum Gasteiger partial charge on any atom is 0.326 e. The molecule has 0 unspecified atom stereocenters. The lowest BCUT2D eigenvalue weighted by atomic mass is 10.1. The lowest BCUT2D eigenvalue weighted by molar-refractivity contribution is 0.256. The summed E-state index contributed by atoms with van der Waals surface area (Å²) in [7, 11) is 1.79. The third kappa shape index (κ3) is 3.28. The van der Waals surface area contributed by atoms with Gasteiger partial charge in [-0.1, -0.05) is 12.1 Å². The number of aryl methyl sites for hydroxylation is 2. The summed E-state index contributed by atoms with van der Waals surface area (Å²) in [5.74, 6) is -0.918. The predicted molar refractivity (Wildman–Crippen MR) is 100 cm³/mol. The number of ether oxygens (including phenoxy) is 1. The molecule has 8 heteroatoms. The van der Waals surface area contributed by atoms with Crippen LogP contribution < -0.4 is 15.0 Å². The van der Waals surface area contributed by atoms with Gasteiger partial charge in [-0.3, -0.25) is 9.58 Å². The van der Waals surface area contributed by atoms with Crippen LogP contribution in [-0.4, -0.2) is 15.8 Å². The highest BCUT2D eigenvalue weighted by Crippen LogP contribution is 2.31. The summed E-state index contributed by atoms with van der Waals surface area (Å²) >= 11 is 0. The fourth-order valence-corrected chi connectivity index (χ4v) is 3.15. The van der Waals surface area contributed by atoms with Gasteiger partial charge in [-0.15, -0.1) is 0 Å². The van der Waals surface area contributed by atoms with Gasteiger partial charge >= 0.3 is 6.03 Å². The standard InChI is InChI=1S/C20H18F2N4O2/c1-12-6-7-13(28-11-14-15(21)4-3-5-16(14)22)8-19(12)26-10-18-17(23-20(26)27)9-25(2)24-18/h3-9H,10-11H2,1-2H3,(H,23,27). The van der Waals surface area contributed by atoms with Crippen LogP contribution >= 0.6 is 0 Å². The van der Waals surface area contributed by atoms with Gasteiger partial charge in [0, 0.05) is 19.3 Å². The van der Waals surface area contributed by atoms with Crippen LogP contribution in [0.5, 0.6) is 5.75 Å². The number of anilines is 2. The van der Waals surface area contributed by atoms with Crippen molar-refractivity contribution in [2.24, 2.45) is 7.05 Å². The zero-order valence-electron chi connectivity index (χ0n) is 15.4. The summed E-state index contributed by atoms with van der Waals surface area (Å²) in [5.41, 5.74) is 2.79. The molecule has 4 rings (SSSR count). The van der Waals surface area contributed by atoms with E-state index in [4.69, 9.17) is 4.74 Å². The molecular weight excluding hydrogens is 366 g/mol. The van der Waals surface area contributed by atoms with E-state index in [-0.39, 0.29) is 18.2 Å². The molecule has 0 spiro atoms.